The van der Waals surface area contributed by atoms with Gasteiger partial charge in [-0.15, -0.1) is 0 Å². The molecule has 2 aliphatic rings. The summed E-state index contributed by atoms with van der Waals surface area (Å²) in [7, 11) is 0. The first-order valence-corrected chi connectivity index (χ1v) is 3.99. The summed E-state index contributed by atoms with van der Waals surface area (Å²) in [5, 5.41) is 11.5. The maximum Gasteiger partial charge on any atom is 0.203 e. The van der Waals surface area contributed by atoms with E-state index in [9.17, 15) is 0 Å². The van der Waals surface area contributed by atoms with E-state index < -0.39 is 0 Å². The maximum absolute atomic E-state index is 4.02. The fraction of sp³-hybridized carbons (Fsp3) is 1.00. The molecule has 0 spiro atoms. The summed E-state index contributed by atoms with van der Waals surface area (Å²) in [4.78, 5) is 0. The Morgan fingerprint density at radius 2 is 2.20 bits per heavy atom. The van der Waals surface area contributed by atoms with Crippen molar-refractivity contribution in [1.29, 1.82) is 0 Å². The van der Waals surface area contributed by atoms with Crippen LogP contribution in [0.3, 0.4) is 0 Å². The SMILES string of the molecule is CC1([C@H]2CCCCN2)N=N1. The fourth-order valence-electron chi connectivity index (χ4n) is 1.54. The predicted molar refractivity (Wildman–Crippen MR) is 38.9 cm³/mol. The zero-order valence-corrected chi connectivity index (χ0v) is 6.30. The van der Waals surface area contributed by atoms with Gasteiger partial charge in [-0.2, -0.15) is 10.2 Å². The third kappa shape index (κ3) is 0.944. The molecule has 1 atom stereocenters. The topological polar surface area (TPSA) is 36.8 Å². The van der Waals surface area contributed by atoms with Gasteiger partial charge in [-0.1, -0.05) is 6.42 Å². The molecule has 0 radical (unpaired) electrons. The maximum atomic E-state index is 4.02. The molecule has 3 heteroatoms. The molecular weight excluding hydrogens is 126 g/mol. The molecule has 1 N–H and O–H groups in total. The van der Waals surface area contributed by atoms with E-state index >= 15 is 0 Å². The Labute approximate surface area is 60.9 Å². The highest BCUT2D eigenvalue weighted by molar-refractivity contribution is 5.00. The molecular formula is C7H13N3. The van der Waals surface area contributed by atoms with Gasteiger partial charge in [0.05, 0.1) is 6.04 Å². The van der Waals surface area contributed by atoms with Crippen LogP contribution in [0.5, 0.6) is 0 Å². The molecule has 0 unspecified atom stereocenters. The molecule has 2 rings (SSSR count). The molecule has 3 nitrogen and oxygen atoms in total. The van der Waals surface area contributed by atoms with E-state index in [2.05, 4.69) is 22.5 Å². The molecule has 2 aliphatic heterocycles. The molecule has 10 heavy (non-hydrogen) atoms. The molecule has 0 bridgehead atoms. The third-order valence-corrected chi connectivity index (χ3v) is 2.39. The molecule has 0 amide bonds. The van der Waals surface area contributed by atoms with Crippen LogP contribution in [0.1, 0.15) is 26.2 Å². The van der Waals surface area contributed by atoms with E-state index in [4.69, 9.17) is 0 Å². The zero-order chi connectivity index (χ0) is 7.03. The summed E-state index contributed by atoms with van der Waals surface area (Å²) in [6.07, 6.45) is 3.88. The van der Waals surface area contributed by atoms with Gasteiger partial charge in [-0.25, -0.2) is 0 Å². The van der Waals surface area contributed by atoms with Gasteiger partial charge in [-0.3, -0.25) is 0 Å². The number of hydrogen-bond acceptors (Lipinski definition) is 3. The van der Waals surface area contributed by atoms with Crippen molar-refractivity contribution in [2.24, 2.45) is 10.2 Å². The Morgan fingerprint density at radius 3 is 2.70 bits per heavy atom. The fourth-order valence-corrected chi connectivity index (χ4v) is 1.54. The van der Waals surface area contributed by atoms with E-state index in [0.29, 0.717) is 6.04 Å². The molecule has 0 saturated carbocycles. The lowest BCUT2D eigenvalue weighted by molar-refractivity contribution is 0.334. The van der Waals surface area contributed by atoms with Crippen LogP contribution in [-0.4, -0.2) is 18.2 Å². The minimum atomic E-state index is -0.0413. The van der Waals surface area contributed by atoms with Crippen molar-refractivity contribution in [3.63, 3.8) is 0 Å². The number of nitrogens with one attached hydrogen (secondary N) is 1. The summed E-state index contributed by atoms with van der Waals surface area (Å²) < 4.78 is 0. The van der Waals surface area contributed by atoms with Crippen LogP contribution < -0.4 is 5.32 Å². The van der Waals surface area contributed by atoms with Gasteiger partial charge in [0, 0.05) is 0 Å². The first kappa shape index (κ1) is 6.28. The third-order valence-electron chi connectivity index (χ3n) is 2.39. The lowest BCUT2D eigenvalue weighted by Crippen LogP contribution is -2.43. The number of hydrogen-bond donors (Lipinski definition) is 1. The second kappa shape index (κ2) is 2.02. The van der Waals surface area contributed by atoms with Crippen molar-refractivity contribution >= 4 is 0 Å². The van der Waals surface area contributed by atoms with E-state index in [1.807, 2.05) is 0 Å². The van der Waals surface area contributed by atoms with Crippen molar-refractivity contribution in [1.82, 2.24) is 5.32 Å². The monoisotopic (exact) mass is 139 g/mol. The Kier molecular flexibility index (Phi) is 1.27. The summed E-state index contributed by atoms with van der Waals surface area (Å²) in [6, 6.07) is 0.529. The molecule has 56 valence electrons. The van der Waals surface area contributed by atoms with Crippen LogP contribution in [-0.2, 0) is 0 Å². The Balaban J connectivity index is 1.91. The van der Waals surface area contributed by atoms with Gasteiger partial charge in [0.2, 0.25) is 5.66 Å². The first-order valence-electron chi connectivity index (χ1n) is 3.99. The lowest BCUT2D eigenvalue weighted by atomic mass is 9.97. The van der Waals surface area contributed by atoms with E-state index in [0.717, 1.165) is 6.54 Å². The van der Waals surface area contributed by atoms with Gasteiger partial charge in [0.1, 0.15) is 0 Å². The van der Waals surface area contributed by atoms with E-state index in [1.165, 1.54) is 19.3 Å². The van der Waals surface area contributed by atoms with E-state index in [1.54, 1.807) is 0 Å². The number of nitrogens with zero attached hydrogens (tertiary/aromatic N) is 2. The van der Waals surface area contributed by atoms with Gasteiger partial charge in [-0.05, 0) is 26.3 Å². The smallest absolute Gasteiger partial charge is 0.203 e. The molecule has 0 aromatic carbocycles. The van der Waals surface area contributed by atoms with Crippen molar-refractivity contribution < 1.29 is 0 Å². The van der Waals surface area contributed by atoms with Gasteiger partial charge >= 0.3 is 0 Å². The standard InChI is InChI=1S/C7H13N3/c1-7(9-10-7)6-4-2-3-5-8-6/h6,8H,2-5H2,1H3/t6-/m1/s1. The molecule has 0 aliphatic carbocycles. The average Bonchev–Trinajstić information content (AvgIpc) is 2.72. The van der Waals surface area contributed by atoms with Crippen molar-refractivity contribution in [3.05, 3.63) is 0 Å². The van der Waals surface area contributed by atoms with Crippen LogP contribution in [0.25, 0.3) is 0 Å². The second-order valence-electron chi connectivity index (χ2n) is 3.30. The molecule has 0 aromatic rings. The van der Waals surface area contributed by atoms with Crippen molar-refractivity contribution in [3.8, 4) is 0 Å². The van der Waals surface area contributed by atoms with E-state index in [-0.39, 0.29) is 5.66 Å². The van der Waals surface area contributed by atoms with Crippen LogP contribution in [0.2, 0.25) is 0 Å². The van der Waals surface area contributed by atoms with Crippen LogP contribution >= 0.6 is 0 Å². The minimum Gasteiger partial charge on any atom is -0.310 e. The summed E-state index contributed by atoms with van der Waals surface area (Å²) in [5.41, 5.74) is -0.0413. The Morgan fingerprint density at radius 1 is 1.40 bits per heavy atom. The van der Waals surface area contributed by atoms with Crippen molar-refractivity contribution in [2.75, 3.05) is 6.54 Å². The van der Waals surface area contributed by atoms with Crippen LogP contribution in [0, 0.1) is 0 Å². The Bertz CT molecular complexity index is 152. The number of piperidine rings is 1. The first-order chi connectivity index (χ1) is 4.81. The normalized spacial score (nSPS) is 35.9. The lowest BCUT2D eigenvalue weighted by Gasteiger charge is -2.25. The molecule has 0 aromatic heterocycles. The quantitative estimate of drug-likeness (QED) is 0.584. The molecule has 1 saturated heterocycles. The van der Waals surface area contributed by atoms with Crippen LogP contribution in [0.4, 0.5) is 0 Å². The highest BCUT2D eigenvalue weighted by Gasteiger charge is 2.43. The second-order valence-corrected chi connectivity index (χ2v) is 3.30. The van der Waals surface area contributed by atoms with Crippen molar-refractivity contribution in [2.45, 2.75) is 37.9 Å². The van der Waals surface area contributed by atoms with Crippen LogP contribution in [0.15, 0.2) is 10.2 Å². The summed E-state index contributed by atoms with van der Waals surface area (Å²) in [6.45, 7) is 3.24. The predicted octanol–water partition coefficient (Wildman–Crippen LogP) is 1.31. The highest BCUT2D eigenvalue weighted by Crippen LogP contribution is 2.34. The average molecular weight is 139 g/mol. The Hall–Kier alpha value is -0.440. The zero-order valence-electron chi connectivity index (χ0n) is 6.30. The minimum absolute atomic E-state index is 0.0413. The molecule has 1 fully saturated rings. The van der Waals surface area contributed by atoms with Gasteiger partial charge in [0.15, 0.2) is 0 Å². The summed E-state index contributed by atoms with van der Waals surface area (Å²) >= 11 is 0. The summed E-state index contributed by atoms with van der Waals surface area (Å²) in [5.74, 6) is 0. The highest BCUT2D eigenvalue weighted by atomic mass is 15.5. The largest absolute Gasteiger partial charge is 0.310 e. The van der Waals surface area contributed by atoms with Gasteiger partial charge in [0.25, 0.3) is 0 Å². The molecule has 2 heterocycles. The van der Waals surface area contributed by atoms with Gasteiger partial charge < -0.3 is 5.32 Å². The number of rotatable bonds is 1.